The van der Waals surface area contributed by atoms with E-state index in [0.717, 1.165) is 8.95 Å². The summed E-state index contributed by atoms with van der Waals surface area (Å²) in [5, 5.41) is 0.519. The van der Waals surface area contributed by atoms with Crippen LogP contribution in [0.5, 0.6) is 5.75 Å². The number of carbonyl (C=O) groups excluding carboxylic acids is 1. The number of furan rings is 1. The molecule has 0 unspecified atom stereocenters. The number of allylic oxidation sites excluding steroid dienone is 1. The van der Waals surface area contributed by atoms with Crippen molar-refractivity contribution in [3.05, 3.63) is 91.7 Å². The molecule has 0 amide bonds. The third kappa shape index (κ3) is 5.10. The van der Waals surface area contributed by atoms with E-state index in [1.165, 1.54) is 6.08 Å². The first-order valence-electron chi connectivity index (χ1n) is 7.66. The van der Waals surface area contributed by atoms with Crippen molar-refractivity contribution in [3.63, 3.8) is 0 Å². The van der Waals surface area contributed by atoms with Crippen LogP contribution in [0.4, 0.5) is 0 Å². The molecular formula is C20H13Br2ClO3. The summed E-state index contributed by atoms with van der Waals surface area (Å²) in [4.78, 5) is 12.2. The summed E-state index contributed by atoms with van der Waals surface area (Å²) in [6.45, 7) is 0.245. The summed E-state index contributed by atoms with van der Waals surface area (Å²) in [7, 11) is 0. The maximum atomic E-state index is 12.2. The van der Waals surface area contributed by atoms with Gasteiger partial charge >= 0.3 is 0 Å². The zero-order chi connectivity index (χ0) is 18.5. The first-order chi connectivity index (χ1) is 12.5. The Morgan fingerprint density at radius 1 is 1.08 bits per heavy atom. The highest BCUT2D eigenvalue weighted by molar-refractivity contribution is 9.10. The number of hydrogen-bond donors (Lipinski definition) is 0. The first kappa shape index (κ1) is 19.0. The molecule has 3 rings (SSSR count). The maximum Gasteiger partial charge on any atom is 0.186 e. The van der Waals surface area contributed by atoms with E-state index in [2.05, 4.69) is 31.9 Å². The molecule has 0 aliphatic rings. The van der Waals surface area contributed by atoms with E-state index in [0.29, 0.717) is 27.9 Å². The summed E-state index contributed by atoms with van der Waals surface area (Å²) in [5.74, 6) is 1.70. The van der Waals surface area contributed by atoms with Crippen molar-refractivity contribution in [3.8, 4) is 5.75 Å². The van der Waals surface area contributed by atoms with Gasteiger partial charge in [0.2, 0.25) is 0 Å². The normalized spacial score (nSPS) is 11.0. The fraction of sp³-hybridized carbons (Fsp3) is 0.0500. The lowest BCUT2D eigenvalue weighted by Crippen LogP contribution is -1.94. The molecule has 2 aromatic carbocycles. The van der Waals surface area contributed by atoms with Gasteiger partial charge in [-0.3, -0.25) is 4.79 Å². The van der Waals surface area contributed by atoms with Crippen LogP contribution in [0.15, 0.2) is 74.0 Å². The second-order valence-electron chi connectivity index (χ2n) is 5.38. The number of carbonyl (C=O) groups is 1. The zero-order valence-electron chi connectivity index (χ0n) is 13.4. The summed E-state index contributed by atoms with van der Waals surface area (Å²) in [6, 6.07) is 16.2. The molecule has 0 radical (unpaired) electrons. The summed E-state index contributed by atoms with van der Waals surface area (Å²) >= 11 is 12.8. The average molecular weight is 497 g/mol. The molecule has 3 nitrogen and oxygen atoms in total. The van der Waals surface area contributed by atoms with Gasteiger partial charge in [0.25, 0.3) is 0 Å². The molecule has 132 valence electrons. The molecule has 0 aliphatic carbocycles. The second-order valence-corrected chi connectivity index (χ2v) is 7.61. The van der Waals surface area contributed by atoms with Gasteiger partial charge in [-0.1, -0.05) is 55.6 Å². The quantitative estimate of drug-likeness (QED) is 0.274. The molecule has 1 aromatic heterocycles. The highest BCUT2D eigenvalue weighted by Crippen LogP contribution is 2.28. The lowest BCUT2D eigenvalue weighted by Gasteiger charge is -2.06. The number of benzene rings is 2. The van der Waals surface area contributed by atoms with E-state index in [4.69, 9.17) is 20.8 Å². The number of hydrogen-bond acceptors (Lipinski definition) is 3. The number of ether oxygens (including phenoxy) is 1. The van der Waals surface area contributed by atoms with Crippen LogP contribution in [-0.4, -0.2) is 5.78 Å². The molecule has 0 saturated carbocycles. The molecule has 0 spiro atoms. The lowest BCUT2D eigenvalue weighted by atomic mass is 10.1. The SMILES string of the molecule is O=C(/C=C/c1ccc(COc2ccc(Br)cc2Cl)o1)c1cccc(Br)c1. The molecule has 0 bridgehead atoms. The van der Waals surface area contributed by atoms with Crippen molar-refractivity contribution < 1.29 is 13.9 Å². The van der Waals surface area contributed by atoms with Crippen LogP contribution in [-0.2, 0) is 6.61 Å². The summed E-state index contributed by atoms with van der Waals surface area (Å²) in [6.07, 6.45) is 3.12. The van der Waals surface area contributed by atoms with Crippen LogP contribution < -0.4 is 4.74 Å². The smallest absolute Gasteiger partial charge is 0.186 e. The van der Waals surface area contributed by atoms with Crippen LogP contribution in [0.2, 0.25) is 5.02 Å². The van der Waals surface area contributed by atoms with Gasteiger partial charge in [0.1, 0.15) is 23.9 Å². The Bertz CT molecular complexity index is 963. The Hall–Kier alpha value is -1.82. The Balaban J connectivity index is 1.61. The van der Waals surface area contributed by atoms with Crippen LogP contribution >= 0.6 is 43.5 Å². The van der Waals surface area contributed by atoms with Gasteiger partial charge in [-0.25, -0.2) is 0 Å². The molecule has 3 aromatic rings. The predicted octanol–water partition coefficient (Wildman–Crippen LogP) is 6.93. The second kappa shape index (κ2) is 8.71. The Kier molecular flexibility index (Phi) is 6.35. The van der Waals surface area contributed by atoms with Gasteiger partial charge in [-0.15, -0.1) is 0 Å². The first-order valence-corrected chi connectivity index (χ1v) is 9.62. The van der Waals surface area contributed by atoms with Crippen LogP contribution in [0.25, 0.3) is 6.08 Å². The van der Waals surface area contributed by atoms with Crippen LogP contribution in [0.3, 0.4) is 0 Å². The molecule has 0 atom stereocenters. The van der Waals surface area contributed by atoms with Crippen LogP contribution in [0, 0.1) is 0 Å². The van der Waals surface area contributed by atoms with Crippen molar-refractivity contribution >= 4 is 55.3 Å². The van der Waals surface area contributed by atoms with Gasteiger partial charge in [0, 0.05) is 14.5 Å². The van der Waals surface area contributed by atoms with E-state index >= 15 is 0 Å². The fourth-order valence-corrected chi connectivity index (χ4v) is 3.33. The van der Waals surface area contributed by atoms with E-state index < -0.39 is 0 Å². The molecule has 6 heteroatoms. The highest BCUT2D eigenvalue weighted by Gasteiger charge is 2.06. The number of ketones is 1. The largest absolute Gasteiger partial charge is 0.484 e. The molecule has 0 fully saturated rings. The molecule has 0 N–H and O–H groups in total. The van der Waals surface area contributed by atoms with E-state index in [1.54, 1.807) is 42.5 Å². The van der Waals surface area contributed by atoms with Gasteiger partial charge in [0.05, 0.1) is 5.02 Å². The predicted molar refractivity (Wildman–Crippen MR) is 110 cm³/mol. The summed E-state index contributed by atoms with van der Waals surface area (Å²) < 4.78 is 13.1. The van der Waals surface area contributed by atoms with Crippen LogP contribution in [0.1, 0.15) is 21.9 Å². The minimum Gasteiger partial charge on any atom is -0.484 e. The maximum absolute atomic E-state index is 12.2. The number of rotatable bonds is 6. The van der Waals surface area contributed by atoms with Crippen molar-refractivity contribution in [2.75, 3.05) is 0 Å². The molecule has 0 aliphatic heterocycles. The minimum atomic E-state index is -0.0952. The van der Waals surface area contributed by atoms with Gasteiger partial charge in [0.15, 0.2) is 5.78 Å². The molecule has 1 heterocycles. The summed E-state index contributed by atoms with van der Waals surface area (Å²) in [5.41, 5.74) is 0.607. The van der Waals surface area contributed by atoms with Crippen molar-refractivity contribution in [1.82, 2.24) is 0 Å². The fourth-order valence-electron chi connectivity index (χ4n) is 2.20. The molecule has 26 heavy (non-hydrogen) atoms. The third-order valence-corrected chi connectivity index (χ3v) is 4.74. The Labute approximate surface area is 172 Å². The lowest BCUT2D eigenvalue weighted by molar-refractivity contribution is 0.104. The highest BCUT2D eigenvalue weighted by atomic mass is 79.9. The molecule has 0 saturated heterocycles. The zero-order valence-corrected chi connectivity index (χ0v) is 17.3. The molecular weight excluding hydrogens is 483 g/mol. The Morgan fingerprint density at radius 2 is 1.88 bits per heavy atom. The topological polar surface area (TPSA) is 39.4 Å². The van der Waals surface area contributed by atoms with Gasteiger partial charge in [-0.2, -0.15) is 0 Å². The van der Waals surface area contributed by atoms with Crippen molar-refractivity contribution in [1.29, 1.82) is 0 Å². The van der Waals surface area contributed by atoms with Gasteiger partial charge < -0.3 is 9.15 Å². The van der Waals surface area contributed by atoms with E-state index in [9.17, 15) is 4.79 Å². The van der Waals surface area contributed by atoms with Gasteiger partial charge in [-0.05, 0) is 54.6 Å². The minimum absolute atomic E-state index is 0.0952. The standard InChI is InChI=1S/C20H13Br2ClO3/c21-14-3-1-2-13(10-14)19(24)8-7-16-5-6-17(26-16)12-25-20-9-4-15(22)11-18(20)23/h1-11H,12H2/b8-7+. The Morgan fingerprint density at radius 3 is 2.65 bits per heavy atom. The van der Waals surface area contributed by atoms with Crippen molar-refractivity contribution in [2.24, 2.45) is 0 Å². The monoisotopic (exact) mass is 494 g/mol. The number of halogens is 3. The third-order valence-electron chi connectivity index (χ3n) is 3.45. The van der Waals surface area contributed by atoms with E-state index in [1.807, 2.05) is 18.2 Å². The van der Waals surface area contributed by atoms with E-state index in [-0.39, 0.29) is 12.4 Å². The average Bonchev–Trinajstić information content (AvgIpc) is 3.07. The van der Waals surface area contributed by atoms with Crippen molar-refractivity contribution in [2.45, 2.75) is 6.61 Å².